The van der Waals surface area contributed by atoms with E-state index in [1.807, 2.05) is 35.2 Å². The summed E-state index contributed by atoms with van der Waals surface area (Å²) in [5.74, 6) is 0.406. The van der Waals surface area contributed by atoms with Crippen molar-refractivity contribution in [3.05, 3.63) is 66.0 Å². The number of carbonyl (C=O) groups excluding carboxylic acids is 1. The van der Waals surface area contributed by atoms with Crippen molar-refractivity contribution in [2.75, 3.05) is 31.9 Å². The SMILES string of the molecule is N#CC(c1ccccc1)N1CCN(C(=O)CCSc2ccccc2F)CC1. The molecule has 1 atom stereocenters. The predicted octanol–water partition coefficient (Wildman–Crippen LogP) is 3.72. The van der Waals surface area contributed by atoms with Crippen LogP contribution in [0.25, 0.3) is 0 Å². The lowest BCUT2D eigenvalue weighted by Gasteiger charge is -2.37. The average Bonchev–Trinajstić information content (AvgIpc) is 2.71. The first-order valence-electron chi connectivity index (χ1n) is 9.03. The Morgan fingerprint density at radius 2 is 1.74 bits per heavy atom. The van der Waals surface area contributed by atoms with E-state index in [4.69, 9.17) is 0 Å². The van der Waals surface area contributed by atoms with Gasteiger partial charge in [-0.15, -0.1) is 11.8 Å². The standard InChI is InChI=1S/C21H22FN3OS/c22-18-8-4-5-9-20(18)27-15-10-21(26)25-13-11-24(12-14-25)19(16-23)17-6-2-1-3-7-17/h1-9,19H,10-15H2. The molecule has 0 spiro atoms. The van der Waals surface area contributed by atoms with Crippen LogP contribution < -0.4 is 0 Å². The van der Waals surface area contributed by atoms with E-state index < -0.39 is 0 Å². The minimum Gasteiger partial charge on any atom is -0.340 e. The van der Waals surface area contributed by atoms with Crippen molar-refractivity contribution in [3.63, 3.8) is 0 Å². The third-order valence-corrected chi connectivity index (χ3v) is 5.73. The maximum atomic E-state index is 13.6. The fraction of sp³-hybridized carbons (Fsp3) is 0.333. The molecule has 0 aromatic heterocycles. The zero-order chi connectivity index (χ0) is 19.1. The molecule has 27 heavy (non-hydrogen) atoms. The Morgan fingerprint density at radius 1 is 1.07 bits per heavy atom. The number of carbonyl (C=O) groups is 1. The molecule has 3 rings (SSSR count). The van der Waals surface area contributed by atoms with E-state index in [0.29, 0.717) is 43.2 Å². The lowest BCUT2D eigenvalue weighted by Crippen LogP contribution is -2.49. The van der Waals surface area contributed by atoms with E-state index in [9.17, 15) is 14.4 Å². The van der Waals surface area contributed by atoms with Crippen molar-refractivity contribution >= 4 is 17.7 Å². The topological polar surface area (TPSA) is 47.3 Å². The van der Waals surface area contributed by atoms with Gasteiger partial charge in [0.05, 0.1) is 6.07 Å². The molecule has 4 nitrogen and oxygen atoms in total. The van der Waals surface area contributed by atoms with Gasteiger partial charge in [0.15, 0.2) is 0 Å². The highest BCUT2D eigenvalue weighted by molar-refractivity contribution is 7.99. The van der Waals surface area contributed by atoms with Crippen LogP contribution in [0.3, 0.4) is 0 Å². The number of nitriles is 1. The molecule has 0 N–H and O–H groups in total. The molecule has 1 heterocycles. The number of benzene rings is 2. The molecule has 1 amide bonds. The summed E-state index contributed by atoms with van der Waals surface area (Å²) in [7, 11) is 0. The quantitative estimate of drug-likeness (QED) is 0.714. The number of rotatable bonds is 6. The lowest BCUT2D eigenvalue weighted by atomic mass is 10.1. The fourth-order valence-corrected chi connectivity index (χ4v) is 4.08. The molecular weight excluding hydrogens is 361 g/mol. The molecule has 1 aliphatic heterocycles. The number of hydrogen-bond acceptors (Lipinski definition) is 4. The van der Waals surface area contributed by atoms with E-state index in [2.05, 4.69) is 11.0 Å². The molecule has 1 fully saturated rings. The van der Waals surface area contributed by atoms with Crippen LogP contribution in [-0.2, 0) is 4.79 Å². The van der Waals surface area contributed by atoms with Crippen LogP contribution in [0.2, 0.25) is 0 Å². The molecule has 0 radical (unpaired) electrons. The highest BCUT2D eigenvalue weighted by atomic mass is 32.2. The number of piperazine rings is 1. The van der Waals surface area contributed by atoms with Crippen molar-refractivity contribution in [3.8, 4) is 6.07 Å². The summed E-state index contributed by atoms with van der Waals surface area (Å²) in [6.45, 7) is 2.60. The summed E-state index contributed by atoms with van der Waals surface area (Å²) in [6, 6.07) is 18.5. The van der Waals surface area contributed by atoms with Gasteiger partial charge in [-0.2, -0.15) is 5.26 Å². The second-order valence-corrected chi connectivity index (χ2v) is 7.52. The fourth-order valence-electron chi connectivity index (χ4n) is 3.20. The van der Waals surface area contributed by atoms with Gasteiger partial charge in [0.1, 0.15) is 11.9 Å². The monoisotopic (exact) mass is 383 g/mol. The summed E-state index contributed by atoms with van der Waals surface area (Å²) in [6.07, 6.45) is 0.388. The molecule has 140 valence electrons. The molecular formula is C21H22FN3OS. The van der Waals surface area contributed by atoms with E-state index in [-0.39, 0.29) is 17.8 Å². The minimum atomic E-state index is -0.278. The average molecular weight is 383 g/mol. The summed E-state index contributed by atoms with van der Waals surface area (Å²) in [5, 5.41) is 9.55. The molecule has 0 aliphatic carbocycles. The zero-order valence-electron chi connectivity index (χ0n) is 15.1. The van der Waals surface area contributed by atoms with Gasteiger partial charge in [-0.05, 0) is 17.7 Å². The van der Waals surface area contributed by atoms with E-state index in [1.165, 1.54) is 17.8 Å². The Hall–Kier alpha value is -2.36. The first kappa shape index (κ1) is 19.4. The van der Waals surface area contributed by atoms with Crippen LogP contribution in [0.5, 0.6) is 0 Å². The van der Waals surface area contributed by atoms with Crippen molar-refractivity contribution in [2.45, 2.75) is 17.4 Å². The summed E-state index contributed by atoms with van der Waals surface area (Å²) < 4.78 is 13.6. The van der Waals surface area contributed by atoms with E-state index in [1.54, 1.807) is 18.2 Å². The third kappa shape index (κ3) is 5.09. The van der Waals surface area contributed by atoms with Gasteiger partial charge in [-0.3, -0.25) is 9.69 Å². The smallest absolute Gasteiger partial charge is 0.223 e. The molecule has 1 aliphatic rings. The van der Waals surface area contributed by atoms with Crippen LogP contribution >= 0.6 is 11.8 Å². The van der Waals surface area contributed by atoms with E-state index >= 15 is 0 Å². The predicted molar refractivity (Wildman–Crippen MR) is 105 cm³/mol. The first-order valence-corrected chi connectivity index (χ1v) is 10.0. The van der Waals surface area contributed by atoms with Gasteiger partial charge in [-0.1, -0.05) is 42.5 Å². The van der Waals surface area contributed by atoms with Gasteiger partial charge >= 0.3 is 0 Å². The minimum absolute atomic E-state index is 0.0895. The van der Waals surface area contributed by atoms with Crippen molar-refractivity contribution in [1.29, 1.82) is 5.26 Å². The van der Waals surface area contributed by atoms with Crippen LogP contribution in [0.15, 0.2) is 59.5 Å². The van der Waals surface area contributed by atoms with Crippen molar-refractivity contribution in [2.24, 2.45) is 0 Å². The van der Waals surface area contributed by atoms with Crippen LogP contribution in [0.4, 0.5) is 4.39 Å². The Bertz CT molecular complexity index is 801. The van der Waals surface area contributed by atoms with E-state index in [0.717, 1.165) is 5.56 Å². The molecule has 0 saturated carbocycles. The zero-order valence-corrected chi connectivity index (χ0v) is 15.9. The highest BCUT2D eigenvalue weighted by Gasteiger charge is 2.26. The van der Waals surface area contributed by atoms with Crippen LogP contribution in [0, 0.1) is 17.1 Å². The largest absolute Gasteiger partial charge is 0.340 e. The Kier molecular flexibility index (Phi) is 6.86. The molecule has 6 heteroatoms. The second kappa shape index (κ2) is 9.54. The molecule has 2 aromatic rings. The molecule has 1 unspecified atom stereocenters. The maximum Gasteiger partial charge on any atom is 0.223 e. The Morgan fingerprint density at radius 3 is 2.41 bits per heavy atom. The van der Waals surface area contributed by atoms with Gasteiger partial charge in [0, 0.05) is 43.2 Å². The van der Waals surface area contributed by atoms with Gasteiger partial charge in [0.25, 0.3) is 0 Å². The Labute approximate surface area is 163 Å². The molecule has 1 saturated heterocycles. The van der Waals surface area contributed by atoms with Gasteiger partial charge in [-0.25, -0.2) is 4.39 Å². The highest BCUT2D eigenvalue weighted by Crippen LogP contribution is 2.23. The first-order chi connectivity index (χ1) is 13.2. The third-order valence-electron chi connectivity index (χ3n) is 4.68. The molecule has 0 bridgehead atoms. The summed E-state index contributed by atoms with van der Waals surface area (Å²) >= 11 is 1.37. The number of hydrogen-bond donors (Lipinski definition) is 0. The van der Waals surface area contributed by atoms with Gasteiger partial charge < -0.3 is 4.90 Å². The normalized spacial score (nSPS) is 15.9. The number of nitrogens with zero attached hydrogens (tertiary/aromatic N) is 3. The number of amides is 1. The van der Waals surface area contributed by atoms with Crippen molar-refractivity contribution < 1.29 is 9.18 Å². The van der Waals surface area contributed by atoms with Gasteiger partial charge in [0.2, 0.25) is 5.91 Å². The summed E-state index contributed by atoms with van der Waals surface area (Å²) in [4.78, 5) is 17.0. The Balaban J connectivity index is 1.46. The lowest BCUT2D eigenvalue weighted by molar-refractivity contribution is -0.132. The number of halogens is 1. The maximum absolute atomic E-state index is 13.6. The summed E-state index contributed by atoms with van der Waals surface area (Å²) in [5.41, 5.74) is 0.987. The molecule has 2 aromatic carbocycles. The van der Waals surface area contributed by atoms with Crippen LogP contribution in [0.1, 0.15) is 18.0 Å². The van der Waals surface area contributed by atoms with Crippen LogP contribution in [-0.4, -0.2) is 47.6 Å². The van der Waals surface area contributed by atoms with Crippen molar-refractivity contribution in [1.82, 2.24) is 9.80 Å². The number of thioether (sulfide) groups is 1. The second-order valence-electron chi connectivity index (χ2n) is 6.39.